The molecular weight excluding hydrogens is 716 g/mol. The van der Waals surface area contributed by atoms with Gasteiger partial charge in [0.25, 0.3) is 0 Å². The quantitative estimate of drug-likeness (QED) is 0.0733. The number of esters is 1. The van der Waals surface area contributed by atoms with Crippen molar-refractivity contribution < 1.29 is 52.3 Å². The fourth-order valence-corrected chi connectivity index (χ4v) is 5.73. The SMILES string of the molecule is CC(C)(C)OC(=O)Cc1cc(C(C)(c2ccc(OC(=O)OC(C)(C)C)c(OC(=O)OC(C)(C)C)c2)c2ccc3ccccc3c2)ccc1OC(=O)OC(C)(C)C. The molecule has 4 aromatic rings. The third-order valence-corrected chi connectivity index (χ3v) is 7.99. The van der Waals surface area contributed by atoms with Crippen molar-refractivity contribution in [3.05, 3.63) is 101 Å². The van der Waals surface area contributed by atoms with Crippen LogP contribution in [-0.4, -0.2) is 46.8 Å². The minimum absolute atomic E-state index is 0.0820. The number of fused-ring (bicyclic) bond motifs is 1. The van der Waals surface area contributed by atoms with Crippen LogP contribution >= 0.6 is 0 Å². The summed E-state index contributed by atoms with van der Waals surface area (Å²) in [5.41, 5.74) is -1.91. The van der Waals surface area contributed by atoms with Crippen LogP contribution in [0.25, 0.3) is 10.8 Å². The topological polar surface area (TPSA) is 133 Å². The molecule has 0 bridgehead atoms. The van der Waals surface area contributed by atoms with Gasteiger partial charge in [0.05, 0.1) is 6.42 Å². The van der Waals surface area contributed by atoms with E-state index in [4.69, 9.17) is 33.2 Å². The normalized spacial score (nSPS) is 13.2. The summed E-state index contributed by atoms with van der Waals surface area (Å²) in [4.78, 5) is 52.1. The molecule has 0 aliphatic heterocycles. The van der Waals surface area contributed by atoms with E-state index in [9.17, 15) is 19.2 Å². The molecule has 1 unspecified atom stereocenters. The van der Waals surface area contributed by atoms with Crippen molar-refractivity contribution in [1.82, 2.24) is 0 Å². The Morgan fingerprint density at radius 1 is 0.429 bits per heavy atom. The van der Waals surface area contributed by atoms with Crippen LogP contribution in [0.15, 0.2) is 78.9 Å². The summed E-state index contributed by atoms with van der Waals surface area (Å²) in [6.07, 6.45) is -3.17. The zero-order valence-electron chi connectivity index (χ0n) is 34.7. The highest BCUT2D eigenvalue weighted by Gasteiger charge is 2.35. The van der Waals surface area contributed by atoms with Crippen molar-refractivity contribution in [1.29, 1.82) is 0 Å². The Hall–Kier alpha value is -5.58. The minimum atomic E-state index is -1.05. The van der Waals surface area contributed by atoms with Gasteiger partial charge in [0.15, 0.2) is 11.5 Å². The van der Waals surface area contributed by atoms with Crippen molar-refractivity contribution in [2.45, 2.75) is 124 Å². The zero-order chi connectivity index (χ0) is 41.9. The van der Waals surface area contributed by atoms with Crippen LogP contribution in [0.4, 0.5) is 14.4 Å². The monoisotopic (exact) mass is 770 g/mol. The van der Waals surface area contributed by atoms with Crippen LogP contribution in [0.5, 0.6) is 17.2 Å². The van der Waals surface area contributed by atoms with Crippen LogP contribution in [0.1, 0.15) is 112 Å². The molecule has 4 rings (SSSR count). The molecule has 0 saturated carbocycles. The third kappa shape index (κ3) is 12.2. The second-order valence-electron chi connectivity index (χ2n) is 17.6. The van der Waals surface area contributed by atoms with Crippen LogP contribution in [0, 0.1) is 0 Å². The number of carbonyl (C=O) groups excluding carboxylic acids is 4. The summed E-state index contributed by atoms with van der Waals surface area (Å²) in [6, 6.07) is 24.0. The molecule has 0 heterocycles. The molecule has 0 N–H and O–H groups in total. The van der Waals surface area contributed by atoms with E-state index in [0.29, 0.717) is 16.7 Å². The van der Waals surface area contributed by atoms with Gasteiger partial charge in [0, 0.05) is 11.0 Å². The number of ether oxygens (including phenoxy) is 7. The highest BCUT2D eigenvalue weighted by molar-refractivity contribution is 5.84. The molecule has 11 heteroatoms. The molecule has 4 aromatic carbocycles. The van der Waals surface area contributed by atoms with E-state index in [1.54, 1.807) is 113 Å². The summed E-state index contributed by atoms with van der Waals surface area (Å²) in [7, 11) is 0. The Morgan fingerprint density at radius 3 is 1.36 bits per heavy atom. The first-order chi connectivity index (χ1) is 25.7. The standard InChI is InChI=1S/C45H54O11/c1-41(2,3)53-37(46)26-30-25-32(20-22-34(30)50-38(47)54-42(4,5)6)45(13,31-19-18-28-16-14-15-17-29(28)24-31)33-21-23-35(51-39(48)55-43(7,8)9)36(27-33)52-40(49)56-44(10,11)12/h14-25,27H,26H2,1-13H3. The molecule has 1 atom stereocenters. The van der Waals surface area contributed by atoms with E-state index in [1.807, 2.05) is 49.4 Å². The fraction of sp³-hybridized carbons (Fsp3) is 0.422. The Kier molecular flexibility index (Phi) is 12.5. The van der Waals surface area contributed by atoms with Gasteiger partial charge in [0.2, 0.25) is 0 Å². The Morgan fingerprint density at radius 2 is 0.839 bits per heavy atom. The third-order valence-electron chi connectivity index (χ3n) is 7.99. The summed E-state index contributed by atoms with van der Waals surface area (Å²) >= 11 is 0. The number of carbonyl (C=O) groups is 4. The van der Waals surface area contributed by atoms with Crippen molar-refractivity contribution in [2.75, 3.05) is 0 Å². The van der Waals surface area contributed by atoms with Crippen molar-refractivity contribution in [2.24, 2.45) is 0 Å². The number of hydrogen-bond acceptors (Lipinski definition) is 11. The van der Waals surface area contributed by atoms with E-state index < -0.39 is 52.3 Å². The van der Waals surface area contributed by atoms with Crippen LogP contribution in [0.2, 0.25) is 0 Å². The lowest BCUT2D eigenvalue weighted by Crippen LogP contribution is -2.29. The molecule has 0 radical (unpaired) electrons. The van der Waals surface area contributed by atoms with Gasteiger partial charge in [-0.25, -0.2) is 14.4 Å². The van der Waals surface area contributed by atoms with E-state index >= 15 is 0 Å². The highest BCUT2D eigenvalue weighted by atomic mass is 16.8. The largest absolute Gasteiger partial charge is 0.514 e. The predicted molar refractivity (Wildman–Crippen MR) is 213 cm³/mol. The summed E-state index contributed by atoms with van der Waals surface area (Å²) in [5, 5.41) is 1.98. The van der Waals surface area contributed by atoms with Crippen molar-refractivity contribution in [3.8, 4) is 17.2 Å². The second-order valence-corrected chi connectivity index (χ2v) is 17.6. The molecule has 0 amide bonds. The van der Waals surface area contributed by atoms with E-state index in [2.05, 4.69) is 0 Å². The first-order valence-electron chi connectivity index (χ1n) is 18.4. The van der Waals surface area contributed by atoms with Gasteiger partial charge in [-0.05, 0) is 142 Å². The molecule has 0 aromatic heterocycles. The van der Waals surface area contributed by atoms with Crippen LogP contribution in [0.3, 0.4) is 0 Å². The van der Waals surface area contributed by atoms with Gasteiger partial charge in [-0.3, -0.25) is 4.79 Å². The Balaban J connectivity index is 1.97. The average molecular weight is 771 g/mol. The maximum Gasteiger partial charge on any atom is 0.514 e. The molecule has 0 spiro atoms. The Bertz CT molecular complexity index is 1980. The first-order valence-corrected chi connectivity index (χ1v) is 18.4. The van der Waals surface area contributed by atoms with E-state index in [-0.39, 0.29) is 23.7 Å². The highest BCUT2D eigenvalue weighted by Crippen LogP contribution is 2.44. The Labute approximate surface area is 329 Å². The maximum absolute atomic E-state index is 13.3. The van der Waals surface area contributed by atoms with E-state index in [0.717, 1.165) is 16.3 Å². The molecule has 56 heavy (non-hydrogen) atoms. The molecule has 300 valence electrons. The fourth-order valence-electron chi connectivity index (χ4n) is 5.73. The number of benzene rings is 4. The lowest BCUT2D eigenvalue weighted by Gasteiger charge is -2.33. The molecule has 11 nitrogen and oxygen atoms in total. The van der Waals surface area contributed by atoms with Gasteiger partial charge in [-0.2, -0.15) is 0 Å². The molecular formula is C45H54O11. The number of hydrogen-bond donors (Lipinski definition) is 0. The van der Waals surface area contributed by atoms with Crippen molar-refractivity contribution >= 4 is 35.2 Å². The summed E-state index contributed by atoms with van der Waals surface area (Å²) in [6.45, 7) is 22.6. The molecule has 0 saturated heterocycles. The lowest BCUT2D eigenvalue weighted by atomic mass is 9.70. The first kappa shape index (κ1) is 43.2. The smallest absolute Gasteiger partial charge is 0.460 e. The molecule has 0 aliphatic rings. The van der Waals surface area contributed by atoms with E-state index in [1.165, 1.54) is 6.07 Å². The summed E-state index contributed by atoms with van der Waals surface area (Å²) in [5.74, 6) is -0.604. The molecule has 0 aliphatic carbocycles. The number of rotatable bonds is 8. The molecule has 0 fully saturated rings. The second kappa shape index (κ2) is 16.3. The minimum Gasteiger partial charge on any atom is -0.460 e. The van der Waals surface area contributed by atoms with Gasteiger partial charge in [-0.15, -0.1) is 0 Å². The van der Waals surface area contributed by atoms with Gasteiger partial charge in [0.1, 0.15) is 28.2 Å². The lowest BCUT2D eigenvalue weighted by molar-refractivity contribution is -0.154. The van der Waals surface area contributed by atoms with Crippen LogP contribution < -0.4 is 14.2 Å². The predicted octanol–water partition coefficient (Wildman–Crippen LogP) is 11.0. The zero-order valence-corrected chi connectivity index (χ0v) is 34.7. The van der Waals surface area contributed by atoms with Gasteiger partial charge in [-0.1, -0.05) is 54.6 Å². The summed E-state index contributed by atoms with van der Waals surface area (Å²) < 4.78 is 38.9. The van der Waals surface area contributed by atoms with Gasteiger partial charge < -0.3 is 33.2 Å². The van der Waals surface area contributed by atoms with Crippen molar-refractivity contribution in [3.63, 3.8) is 0 Å². The average Bonchev–Trinajstić information content (AvgIpc) is 3.02. The van der Waals surface area contributed by atoms with Crippen LogP contribution in [-0.2, 0) is 35.6 Å². The van der Waals surface area contributed by atoms with Gasteiger partial charge >= 0.3 is 24.4 Å². The maximum atomic E-state index is 13.3.